The van der Waals surface area contributed by atoms with E-state index in [0.29, 0.717) is 6.54 Å². The van der Waals surface area contributed by atoms with Crippen LogP contribution in [0.15, 0.2) is 23.8 Å². The van der Waals surface area contributed by atoms with Crippen LogP contribution < -0.4 is 5.32 Å². The molecular formula is C12H18N2O. The van der Waals surface area contributed by atoms with E-state index < -0.39 is 0 Å². The van der Waals surface area contributed by atoms with Crippen LogP contribution in [0.1, 0.15) is 25.7 Å². The van der Waals surface area contributed by atoms with E-state index in [1.165, 1.54) is 12.8 Å². The number of hydrogen-bond donors (Lipinski definition) is 1. The lowest BCUT2D eigenvalue weighted by molar-refractivity contribution is 0.195. The molecule has 0 bridgehead atoms. The average Bonchev–Trinajstić information content (AvgIpc) is 3.10. The summed E-state index contributed by atoms with van der Waals surface area (Å²) in [5.74, 6) is 0. The molecule has 0 unspecified atom stereocenters. The molecule has 0 aromatic rings. The van der Waals surface area contributed by atoms with Gasteiger partial charge < -0.3 is 10.2 Å². The van der Waals surface area contributed by atoms with Crippen molar-refractivity contribution in [2.24, 2.45) is 0 Å². The topological polar surface area (TPSA) is 32.3 Å². The number of hydrogen-bond acceptors (Lipinski definition) is 1. The largest absolute Gasteiger partial charge is 0.335 e. The first kappa shape index (κ1) is 10.3. The zero-order chi connectivity index (χ0) is 10.7. The molecule has 0 aromatic carbocycles. The Hall–Kier alpha value is -1.25. The highest BCUT2D eigenvalue weighted by atomic mass is 16.2. The number of carbonyl (C=O) groups is 1. The van der Waals surface area contributed by atoms with Gasteiger partial charge in [-0.15, -0.1) is 6.58 Å². The third-order valence-electron chi connectivity index (χ3n) is 3.05. The third-order valence-corrected chi connectivity index (χ3v) is 3.05. The standard InChI is InChI=1S/C12H18N2O/c1-2-7-13-12(15)14-8-5-11(6-9-14)10-3-4-10/h2H,1,3-9H2,(H,13,15). The highest BCUT2D eigenvalue weighted by Gasteiger charge is 2.23. The van der Waals surface area contributed by atoms with Crippen LogP contribution in [0.2, 0.25) is 0 Å². The van der Waals surface area contributed by atoms with Gasteiger partial charge in [0.2, 0.25) is 0 Å². The number of carbonyl (C=O) groups excluding carboxylic acids is 1. The third kappa shape index (κ3) is 2.61. The molecule has 1 N–H and O–H groups in total. The Labute approximate surface area is 90.8 Å². The maximum atomic E-state index is 11.6. The zero-order valence-electron chi connectivity index (χ0n) is 9.09. The molecule has 2 aliphatic rings. The molecule has 1 heterocycles. The van der Waals surface area contributed by atoms with E-state index in [1.807, 2.05) is 4.90 Å². The second-order valence-corrected chi connectivity index (χ2v) is 4.17. The smallest absolute Gasteiger partial charge is 0.317 e. The van der Waals surface area contributed by atoms with Crippen LogP contribution >= 0.6 is 0 Å². The molecule has 0 aromatic heterocycles. The molecule has 0 spiro atoms. The average molecular weight is 206 g/mol. The van der Waals surface area contributed by atoms with E-state index >= 15 is 0 Å². The zero-order valence-corrected chi connectivity index (χ0v) is 9.09. The molecule has 2 fully saturated rings. The summed E-state index contributed by atoms with van der Waals surface area (Å²) < 4.78 is 0. The highest BCUT2D eigenvalue weighted by Crippen LogP contribution is 2.35. The van der Waals surface area contributed by atoms with E-state index in [0.717, 1.165) is 25.9 Å². The van der Waals surface area contributed by atoms with Crippen LogP contribution in [0.4, 0.5) is 4.79 Å². The Balaban J connectivity index is 1.79. The van der Waals surface area contributed by atoms with Gasteiger partial charge >= 0.3 is 6.03 Å². The molecule has 1 saturated heterocycles. The van der Waals surface area contributed by atoms with Gasteiger partial charge in [-0.1, -0.05) is 17.2 Å². The lowest BCUT2D eigenvalue weighted by atomic mass is 10.0. The molecule has 1 aliphatic heterocycles. The number of rotatable bonds is 2. The fourth-order valence-corrected chi connectivity index (χ4v) is 2.02. The molecule has 82 valence electrons. The van der Waals surface area contributed by atoms with Gasteiger partial charge in [-0.25, -0.2) is 4.79 Å². The van der Waals surface area contributed by atoms with Crippen molar-refractivity contribution >= 4 is 6.03 Å². The minimum Gasteiger partial charge on any atom is -0.335 e. The number of urea groups is 1. The van der Waals surface area contributed by atoms with E-state index in [-0.39, 0.29) is 6.03 Å². The van der Waals surface area contributed by atoms with Crippen LogP contribution in [-0.2, 0) is 0 Å². The molecule has 2 amide bonds. The van der Waals surface area contributed by atoms with Crippen molar-refractivity contribution < 1.29 is 4.79 Å². The first-order chi connectivity index (χ1) is 7.31. The molecule has 3 nitrogen and oxygen atoms in total. The number of nitrogens with zero attached hydrogens (tertiary/aromatic N) is 1. The number of piperidine rings is 1. The van der Waals surface area contributed by atoms with Crippen LogP contribution in [0.25, 0.3) is 0 Å². The SMILES string of the molecule is C=CCNC(=O)N1CCC(=C2CC2)CC1. The first-order valence-corrected chi connectivity index (χ1v) is 5.64. The normalized spacial score (nSPS) is 20.1. The summed E-state index contributed by atoms with van der Waals surface area (Å²) in [4.78, 5) is 13.5. The summed E-state index contributed by atoms with van der Waals surface area (Å²) in [6, 6.07) is 0.0507. The Bertz CT molecular complexity index is 291. The van der Waals surface area contributed by atoms with Crippen molar-refractivity contribution in [2.75, 3.05) is 19.6 Å². The fourth-order valence-electron chi connectivity index (χ4n) is 2.02. The summed E-state index contributed by atoms with van der Waals surface area (Å²) >= 11 is 0. The molecule has 3 heteroatoms. The predicted molar refractivity (Wildman–Crippen MR) is 60.7 cm³/mol. The Morgan fingerprint density at radius 1 is 1.27 bits per heavy atom. The van der Waals surface area contributed by atoms with E-state index in [9.17, 15) is 4.79 Å². The number of allylic oxidation sites excluding steroid dienone is 1. The minimum atomic E-state index is 0.0507. The fraction of sp³-hybridized carbons (Fsp3) is 0.583. The molecular weight excluding hydrogens is 188 g/mol. The summed E-state index contributed by atoms with van der Waals surface area (Å²) in [6.45, 7) is 5.89. The van der Waals surface area contributed by atoms with E-state index in [1.54, 1.807) is 17.2 Å². The summed E-state index contributed by atoms with van der Waals surface area (Å²) in [6.07, 6.45) is 6.48. The Morgan fingerprint density at radius 3 is 2.40 bits per heavy atom. The van der Waals surface area contributed by atoms with E-state index in [2.05, 4.69) is 11.9 Å². The van der Waals surface area contributed by atoms with E-state index in [4.69, 9.17) is 0 Å². The minimum absolute atomic E-state index is 0.0507. The lowest BCUT2D eigenvalue weighted by Gasteiger charge is -2.28. The quantitative estimate of drug-likeness (QED) is 0.689. The Kier molecular flexibility index (Phi) is 3.09. The number of amides is 2. The van der Waals surface area contributed by atoms with Gasteiger partial charge in [-0.2, -0.15) is 0 Å². The van der Waals surface area contributed by atoms with Crippen LogP contribution in [0.5, 0.6) is 0 Å². The molecule has 15 heavy (non-hydrogen) atoms. The molecule has 0 atom stereocenters. The van der Waals surface area contributed by atoms with Gasteiger partial charge in [0, 0.05) is 19.6 Å². The van der Waals surface area contributed by atoms with Crippen LogP contribution in [-0.4, -0.2) is 30.6 Å². The second kappa shape index (κ2) is 4.51. The van der Waals surface area contributed by atoms with Crippen LogP contribution in [0.3, 0.4) is 0 Å². The van der Waals surface area contributed by atoms with Crippen molar-refractivity contribution in [1.29, 1.82) is 0 Å². The molecule has 0 radical (unpaired) electrons. The summed E-state index contributed by atoms with van der Waals surface area (Å²) in [7, 11) is 0. The van der Waals surface area contributed by atoms with Gasteiger partial charge in [0.15, 0.2) is 0 Å². The van der Waals surface area contributed by atoms with Crippen molar-refractivity contribution in [3.8, 4) is 0 Å². The van der Waals surface area contributed by atoms with Gasteiger partial charge in [0.25, 0.3) is 0 Å². The highest BCUT2D eigenvalue weighted by molar-refractivity contribution is 5.74. The summed E-state index contributed by atoms with van der Waals surface area (Å²) in [5.41, 5.74) is 3.27. The van der Waals surface area contributed by atoms with Crippen molar-refractivity contribution in [3.63, 3.8) is 0 Å². The Morgan fingerprint density at radius 2 is 1.87 bits per heavy atom. The van der Waals surface area contributed by atoms with Crippen molar-refractivity contribution in [3.05, 3.63) is 23.8 Å². The molecule has 1 saturated carbocycles. The van der Waals surface area contributed by atoms with Crippen molar-refractivity contribution in [1.82, 2.24) is 10.2 Å². The maximum absolute atomic E-state index is 11.6. The van der Waals surface area contributed by atoms with Gasteiger partial charge in [0.05, 0.1) is 0 Å². The summed E-state index contributed by atoms with van der Waals surface area (Å²) in [5, 5.41) is 2.81. The van der Waals surface area contributed by atoms with Gasteiger partial charge in [-0.3, -0.25) is 0 Å². The number of nitrogens with one attached hydrogen (secondary N) is 1. The van der Waals surface area contributed by atoms with Crippen LogP contribution in [0, 0.1) is 0 Å². The van der Waals surface area contributed by atoms with Crippen molar-refractivity contribution in [2.45, 2.75) is 25.7 Å². The second-order valence-electron chi connectivity index (χ2n) is 4.17. The molecule has 1 aliphatic carbocycles. The lowest BCUT2D eigenvalue weighted by Crippen LogP contribution is -2.43. The number of likely N-dealkylation sites (tertiary alicyclic amines) is 1. The molecule has 2 rings (SSSR count). The van der Waals surface area contributed by atoms with Gasteiger partial charge in [0.1, 0.15) is 0 Å². The predicted octanol–water partition coefficient (Wildman–Crippen LogP) is 2.07. The first-order valence-electron chi connectivity index (χ1n) is 5.64. The van der Waals surface area contributed by atoms with Gasteiger partial charge in [-0.05, 0) is 25.7 Å². The maximum Gasteiger partial charge on any atom is 0.317 e. The monoisotopic (exact) mass is 206 g/mol.